The summed E-state index contributed by atoms with van der Waals surface area (Å²) in [7, 11) is 2.63. The Bertz CT molecular complexity index is 1850. The zero-order valence-corrected chi connectivity index (χ0v) is 31.2. The average molecular weight is 757 g/mol. The molecular weight excluding hydrogens is 712 g/mol. The molecule has 0 spiro atoms. The first-order valence-electron chi connectivity index (χ1n) is 17.6. The number of nitrogens with zero attached hydrogens (tertiary/aromatic N) is 2. The molecular formula is C41H44N2O12. The quantitative estimate of drug-likeness (QED) is 0.112. The van der Waals surface area contributed by atoms with Crippen LogP contribution in [0.2, 0.25) is 0 Å². The summed E-state index contributed by atoms with van der Waals surface area (Å²) in [5.74, 6) is -3.14. The maximum absolute atomic E-state index is 14.9. The maximum atomic E-state index is 14.9. The third kappa shape index (κ3) is 10.5. The highest BCUT2D eigenvalue weighted by molar-refractivity contribution is 5.79. The third-order valence-electron chi connectivity index (χ3n) is 8.71. The van der Waals surface area contributed by atoms with Crippen LogP contribution in [0, 0.1) is 6.92 Å². The summed E-state index contributed by atoms with van der Waals surface area (Å²) in [5.41, 5.74) is 1.29. The zero-order valence-electron chi connectivity index (χ0n) is 31.2. The van der Waals surface area contributed by atoms with E-state index in [-0.39, 0.29) is 25.5 Å². The lowest BCUT2D eigenvalue weighted by molar-refractivity contribution is -0.272. The Hall–Kier alpha value is -5.70. The standard InChI is InChI=1S/C41H44N2O12/c1-26-21-32(25-50-24-29-15-9-6-10-16-29)43-40(42-26)54-37(41(49-5,30-17-11-7-12-18-30)31-19-13-8-14-20-31)38(47)55-39-36(52-28(3)45)34(51-27(2)44)22-33(53-39)23-35(46)48-4/h6-21,33-34,36-37,39H,22-25H2,1-5H3/t33-,34-,36+,37+,39-/m0/s1. The Kier molecular flexibility index (Phi) is 14.0. The van der Waals surface area contributed by atoms with Gasteiger partial charge in [0.1, 0.15) is 6.10 Å². The van der Waals surface area contributed by atoms with Gasteiger partial charge in [-0.1, -0.05) is 91.0 Å². The molecule has 290 valence electrons. The Morgan fingerprint density at radius 1 is 0.800 bits per heavy atom. The second-order valence-corrected chi connectivity index (χ2v) is 12.7. The summed E-state index contributed by atoms with van der Waals surface area (Å²) in [5, 5.41) is 0. The summed E-state index contributed by atoms with van der Waals surface area (Å²) in [6.07, 6.45) is -7.27. The van der Waals surface area contributed by atoms with Gasteiger partial charge in [0.15, 0.2) is 5.60 Å². The second-order valence-electron chi connectivity index (χ2n) is 12.7. The molecule has 0 N–H and O–H groups in total. The first-order valence-corrected chi connectivity index (χ1v) is 17.6. The molecule has 0 unspecified atom stereocenters. The lowest BCUT2D eigenvalue weighted by Crippen LogP contribution is -2.57. The Labute approximate surface area is 319 Å². The molecule has 2 heterocycles. The van der Waals surface area contributed by atoms with Crippen molar-refractivity contribution < 1.29 is 57.1 Å². The number of aromatic nitrogens is 2. The summed E-state index contributed by atoms with van der Waals surface area (Å²) in [6, 6.07) is 29.0. The largest absolute Gasteiger partial charge is 0.469 e. The Morgan fingerprint density at radius 3 is 1.96 bits per heavy atom. The highest BCUT2D eigenvalue weighted by atomic mass is 16.7. The van der Waals surface area contributed by atoms with Crippen molar-refractivity contribution in [1.82, 2.24) is 9.97 Å². The molecule has 1 fully saturated rings. The van der Waals surface area contributed by atoms with Gasteiger partial charge in [0.25, 0.3) is 0 Å². The zero-order chi connectivity index (χ0) is 39.4. The van der Waals surface area contributed by atoms with Gasteiger partial charge in [-0.25, -0.2) is 9.78 Å². The van der Waals surface area contributed by atoms with E-state index in [0.717, 1.165) is 12.5 Å². The van der Waals surface area contributed by atoms with E-state index < -0.39 is 60.2 Å². The maximum Gasteiger partial charge on any atom is 0.353 e. The molecule has 4 aromatic rings. The smallest absolute Gasteiger partial charge is 0.353 e. The van der Waals surface area contributed by atoms with Gasteiger partial charge >= 0.3 is 29.9 Å². The van der Waals surface area contributed by atoms with Gasteiger partial charge in [0.05, 0.1) is 38.5 Å². The van der Waals surface area contributed by atoms with E-state index in [2.05, 4.69) is 9.97 Å². The average Bonchev–Trinajstić information content (AvgIpc) is 3.17. The summed E-state index contributed by atoms with van der Waals surface area (Å²) < 4.78 is 46.7. The van der Waals surface area contributed by atoms with Crippen LogP contribution < -0.4 is 4.74 Å². The number of hydrogen-bond acceptors (Lipinski definition) is 14. The predicted molar refractivity (Wildman–Crippen MR) is 194 cm³/mol. The minimum absolute atomic E-state index is 0.0666. The van der Waals surface area contributed by atoms with Crippen molar-refractivity contribution >= 4 is 23.9 Å². The molecule has 14 heteroatoms. The van der Waals surface area contributed by atoms with Crippen molar-refractivity contribution in [2.24, 2.45) is 0 Å². The topological polar surface area (TPSA) is 168 Å². The molecule has 0 radical (unpaired) electrons. The van der Waals surface area contributed by atoms with Crippen molar-refractivity contribution in [2.75, 3.05) is 14.2 Å². The van der Waals surface area contributed by atoms with E-state index in [0.29, 0.717) is 29.1 Å². The number of carbonyl (C=O) groups is 4. The molecule has 55 heavy (non-hydrogen) atoms. The fraction of sp³-hybridized carbons (Fsp3) is 0.366. The van der Waals surface area contributed by atoms with Crippen LogP contribution >= 0.6 is 0 Å². The highest BCUT2D eigenvalue weighted by Crippen LogP contribution is 2.40. The number of methoxy groups -OCH3 is 2. The molecule has 1 aliphatic rings. The van der Waals surface area contributed by atoms with Crippen molar-refractivity contribution in [3.8, 4) is 6.01 Å². The molecule has 0 bridgehead atoms. The van der Waals surface area contributed by atoms with Crippen molar-refractivity contribution in [3.05, 3.63) is 125 Å². The van der Waals surface area contributed by atoms with E-state index >= 15 is 0 Å². The molecule has 0 aliphatic carbocycles. The SMILES string of the molecule is COC(=O)C[C@@H]1C[C@H](OC(C)=O)[C@@H](OC(C)=O)[C@H](OC(=O)[C@@H](Oc2nc(C)cc(COCc3ccccc3)n2)C(OC)(c2ccccc2)c2ccccc2)O1. The third-order valence-corrected chi connectivity index (χ3v) is 8.71. The van der Waals surface area contributed by atoms with Crippen LogP contribution in [0.3, 0.4) is 0 Å². The van der Waals surface area contributed by atoms with Crippen molar-refractivity contribution in [1.29, 1.82) is 0 Å². The molecule has 5 rings (SSSR count). The first-order chi connectivity index (χ1) is 26.5. The molecule has 1 aromatic heterocycles. The number of hydrogen-bond donors (Lipinski definition) is 0. The number of carbonyl (C=O) groups excluding carboxylic acids is 4. The van der Waals surface area contributed by atoms with Gasteiger partial charge in [0, 0.05) is 33.1 Å². The van der Waals surface area contributed by atoms with E-state index in [1.54, 1.807) is 61.5 Å². The van der Waals surface area contributed by atoms with E-state index in [9.17, 15) is 19.2 Å². The van der Waals surface area contributed by atoms with Crippen LogP contribution in [0.1, 0.15) is 54.8 Å². The summed E-state index contributed by atoms with van der Waals surface area (Å²) in [4.78, 5) is 60.8. The minimum atomic E-state index is -1.71. The first kappa shape index (κ1) is 40.5. The van der Waals surface area contributed by atoms with Crippen LogP contribution in [0.5, 0.6) is 6.01 Å². The van der Waals surface area contributed by atoms with E-state index in [1.165, 1.54) is 21.1 Å². The predicted octanol–water partition coefficient (Wildman–Crippen LogP) is 4.92. The number of ether oxygens (including phenoxy) is 8. The molecule has 0 amide bonds. The summed E-state index contributed by atoms with van der Waals surface area (Å²) in [6.45, 7) is 4.51. The second kappa shape index (κ2) is 19.1. The molecule has 14 nitrogen and oxygen atoms in total. The summed E-state index contributed by atoms with van der Waals surface area (Å²) >= 11 is 0. The monoisotopic (exact) mass is 756 g/mol. The number of esters is 4. The molecule has 0 saturated carbocycles. The number of rotatable bonds is 16. The normalized spacial score (nSPS) is 18.7. The highest BCUT2D eigenvalue weighted by Gasteiger charge is 2.53. The molecule has 1 aliphatic heterocycles. The van der Waals surface area contributed by atoms with Gasteiger partial charge in [-0.2, -0.15) is 4.98 Å². The fourth-order valence-electron chi connectivity index (χ4n) is 6.38. The van der Waals surface area contributed by atoms with Crippen LogP contribution in [0.4, 0.5) is 0 Å². The number of aryl methyl sites for hydroxylation is 1. The van der Waals surface area contributed by atoms with E-state index in [1.807, 2.05) is 42.5 Å². The lowest BCUT2D eigenvalue weighted by Gasteiger charge is -2.42. The Morgan fingerprint density at radius 2 is 1.40 bits per heavy atom. The van der Waals surface area contributed by atoms with Crippen LogP contribution in [0.15, 0.2) is 97.1 Å². The fourth-order valence-corrected chi connectivity index (χ4v) is 6.38. The van der Waals surface area contributed by atoms with E-state index in [4.69, 9.17) is 37.9 Å². The molecule has 5 atom stereocenters. The lowest BCUT2D eigenvalue weighted by atomic mass is 9.81. The minimum Gasteiger partial charge on any atom is -0.469 e. The van der Waals surface area contributed by atoms with Gasteiger partial charge < -0.3 is 37.9 Å². The van der Waals surface area contributed by atoms with Gasteiger partial charge in [-0.3, -0.25) is 14.4 Å². The molecule has 1 saturated heterocycles. The Balaban J connectivity index is 1.57. The van der Waals surface area contributed by atoms with Crippen molar-refractivity contribution in [3.63, 3.8) is 0 Å². The van der Waals surface area contributed by atoms with Crippen LogP contribution in [-0.4, -0.2) is 78.8 Å². The van der Waals surface area contributed by atoms with Gasteiger partial charge in [-0.15, -0.1) is 0 Å². The van der Waals surface area contributed by atoms with Crippen LogP contribution in [-0.2, 0) is 71.2 Å². The molecule has 3 aromatic carbocycles. The van der Waals surface area contributed by atoms with Crippen molar-refractivity contribution in [2.45, 2.75) is 83.1 Å². The van der Waals surface area contributed by atoms with Gasteiger partial charge in [-0.05, 0) is 29.7 Å². The number of benzene rings is 3. The van der Waals surface area contributed by atoms with Gasteiger partial charge in [0.2, 0.25) is 18.5 Å². The van der Waals surface area contributed by atoms with Crippen LogP contribution in [0.25, 0.3) is 0 Å².